The predicted molar refractivity (Wildman–Crippen MR) is 77.0 cm³/mol. The van der Waals surface area contributed by atoms with Crippen molar-refractivity contribution in [1.82, 2.24) is 24.6 Å². The molecule has 24 heavy (non-hydrogen) atoms. The van der Waals surface area contributed by atoms with E-state index in [0.717, 1.165) is 5.69 Å². The molecular formula is C13H13F3N6O2. The number of nitrogens with zero attached hydrogens (tertiary/aromatic N) is 4. The molecule has 0 radical (unpaired) electrons. The Balaban J connectivity index is 1.95. The van der Waals surface area contributed by atoms with Crippen molar-refractivity contribution in [3.63, 3.8) is 0 Å². The fourth-order valence-corrected chi connectivity index (χ4v) is 2.03. The molecule has 2 N–H and O–H groups in total. The maximum absolute atomic E-state index is 12.2. The number of aryl methyl sites for hydroxylation is 1. The lowest BCUT2D eigenvalue weighted by molar-refractivity contribution is -0.330. The number of ether oxygens (including phenoxy) is 2. The first kappa shape index (κ1) is 16.1. The molecule has 0 bridgehead atoms. The van der Waals surface area contributed by atoms with Crippen LogP contribution in [0.3, 0.4) is 0 Å². The fraction of sp³-hybridized carbons (Fsp3) is 0.308. The predicted octanol–water partition coefficient (Wildman–Crippen LogP) is 2.55. The Morgan fingerprint density at radius 2 is 2.08 bits per heavy atom. The Hall–Kier alpha value is -2.82. The molecule has 3 aromatic heterocycles. The van der Waals surface area contributed by atoms with Gasteiger partial charge in [0.25, 0.3) is 0 Å². The third-order valence-electron chi connectivity index (χ3n) is 3.02. The van der Waals surface area contributed by atoms with Crippen molar-refractivity contribution in [3.05, 3.63) is 29.7 Å². The summed E-state index contributed by atoms with van der Waals surface area (Å²) in [5.41, 5.74) is 1.29. The van der Waals surface area contributed by atoms with Gasteiger partial charge in [-0.25, -0.2) is 4.98 Å². The van der Waals surface area contributed by atoms with Gasteiger partial charge < -0.3 is 10.1 Å². The molecule has 3 rings (SSSR count). The molecule has 8 nitrogen and oxygen atoms in total. The van der Waals surface area contributed by atoms with Gasteiger partial charge in [-0.2, -0.15) is 10.1 Å². The van der Waals surface area contributed by atoms with Gasteiger partial charge in [-0.15, -0.1) is 13.2 Å². The molecule has 0 aliphatic rings. The minimum Gasteiger partial charge on any atom is -0.481 e. The van der Waals surface area contributed by atoms with Crippen LogP contribution in [0.15, 0.2) is 18.3 Å². The van der Waals surface area contributed by atoms with Gasteiger partial charge in [0.1, 0.15) is 5.65 Å². The quantitative estimate of drug-likeness (QED) is 0.741. The Morgan fingerprint density at radius 3 is 2.71 bits per heavy atom. The minimum atomic E-state index is -4.72. The van der Waals surface area contributed by atoms with Crippen LogP contribution < -0.4 is 10.1 Å². The molecule has 0 aromatic carbocycles. The van der Waals surface area contributed by atoms with Gasteiger partial charge in [-0.3, -0.25) is 14.2 Å². The number of aromatic amines is 1. The average molecular weight is 342 g/mol. The molecule has 0 aliphatic heterocycles. The third-order valence-corrected chi connectivity index (χ3v) is 3.02. The standard InChI is InChI=1S/C13H13F3N6O2/c1-7-3-9(21-20-7)18-12-19-11(23-2)4-10-17-8(5-22(10)12)6-24-13(14,15)16/h3-5H,6H2,1-2H3,(H2,18,19,20,21). The minimum absolute atomic E-state index is 0.101. The number of fused-ring (bicyclic) bond motifs is 1. The molecule has 3 heterocycles. The van der Waals surface area contributed by atoms with Gasteiger partial charge in [0.05, 0.1) is 19.4 Å². The molecule has 0 amide bonds. The van der Waals surface area contributed by atoms with E-state index in [2.05, 4.69) is 30.2 Å². The van der Waals surface area contributed by atoms with E-state index in [1.54, 1.807) is 6.07 Å². The van der Waals surface area contributed by atoms with Crippen molar-refractivity contribution in [2.75, 3.05) is 12.4 Å². The normalized spacial score (nSPS) is 11.9. The van der Waals surface area contributed by atoms with Crippen LogP contribution in [-0.4, -0.2) is 38.0 Å². The SMILES string of the molecule is COc1cc2nc(COC(F)(F)F)cn2c(Nc2cc(C)[nH]n2)n1. The lowest BCUT2D eigenvalue weighted by Gasteiger charge is -2.07. The first-order valence-corrected chi connectivity index (χ1v) is 6.77. The molecular weight excluding hydrogens is 329 g/mol. The average Bonchev–Trinajstić information content (AvgIpc) is 3.10. The Morgan fingerprint density at radius 1 is 1.29 bits per heavy atom. The molecule has 3 aromatic rings. The number of aromatic nitrogens is 5. The first-order chi connectivity index (χ1) is 11.3. The largest absolute Gasteiger partial charge is 0.522 e. The summed E-state index contributed by atoms with van der Waals surface area (Å²) in [6.45, 7) is 1.13. The molecule has 11 heteroatoms. The molecule has 128 valence electrons. The highest BCUT2D eigenvalue weighted by Crippen LogP contribution is 2.23. The maximum Gasteiger partial charge on any atom is 0.522 e. The number of hydrogen-bond donors (Lipinski definition) is 2. The zero-order valence-corrected chi connectivity index (χ0v) is 12.7. The van der Waals surface area contributed by atoms with Gasteiger partial charge in [0.15, 0.2) is 5.82 Å². The second-order valence-electron chi connectivity index (χ2n) is 4.88. The van der Waals surface area contributed by atoms with Crippen LogP contribution >= 0.6 is 0 Å². The van der Waals surface area contributed by atoms with E-state index in [9.17, 15) is 13.2 Å². The van der Waals surface area contributed by atoms with Crippen LogP contribution in [0.5, 0.6) is 5.88 Å². The van der Waals surface area contributed by atoms with Crippen molar-refractivity contribution in [2.24, 2.45) is 0 Å². The number of H-pyrrole nitrogens is 1. The maximum atomic E-state index is 12.2. The van der Waals surface area contributed by atoms with E-state index in [0.29, 0.717) is 17.4 Å². The second kappa shape index (κ2) is 6.00. The summed E-state index contributed by atoms with van der Waals surface area (Å²) in [7, 11) is 1.43. The third kappa shape index (κ3) is 3.56. The van der Waals surface area contributed by atoms with Crippen molar-refractivity contribution in [1.29, 1.82) is 0 Å². The van der Waals surface area contributed by atoms with Crippen molar-refractivity contribution in [2.45, 2.75) is 19.9 Å². The highest BCUT2D eigenvalue weighted by atomic mass is 19.4. The summed E-state index contributed by atoms with van der Waals surface area (Å²) in [5.74, 6) is 1.05. The van der Waals surface area contributed by atoms with E-state index in [4.69, 9.17) is 4.74 Å². The van der Waals surface area contributed by atoms with E-state index in [-0.39, 0.29) is 11.6 Å². The number of imidazole rings is 1. The molecule has 0 saturated heterocycles. The van der Waals surface area contributed by atoms with Crippen LogP contribution in [0.1, 0.15) is 11.4 Å². The van der Waals surface area contributed by atoms with E-state index in [1.165, 1.54) is 23.8 Å². The van der Waals surface area contributed by atoms with Gasteiger partial charge in [-0.05, 0) is 6.92 Å². The second-order valence-corrected chi connectivity index (χ2v) is 4.88. The number of halogens is 3. The number of rotatable bonds is 5. The number of hydrogen-bond acceptors (Lipinski definition) is 6. The van der Waals surface area contributed by atoms with E-state index in [1.807, 2.05) is 6.92 Å². The highest BCUT2D eigenvalue weighted by Gasteiger charge is 2.29. The van der Waals surface area contributed by atoms with Crippen molar-refractivity contribution < 1.29 is 22.6 Å². The van der Waals surface area contributed by atoms with Crippen LogP contribution in [0.2, 0.25) is 0 Å². The summed E-state index contributed by atoms with van der Waals surface area (Å²) in [6.07, 6.45) is -3.32. The highest BCUT2D eigenvalue weighted by molar-refractivity contribution is 5.56. The monoisotopic (exact) mass is 342 g/mol. The Kier molecular flexibility index (Phi) is 4.01. The van der Waals surface area contributed by atoms with Crippen LogP contribution in [0.25, 0.3) is 5.65 Å². The van der Waals surface area contributed by atoms with Gasteiger partial charge >= 0.3 is 6.36 Å². The van der Waals surface area contributed by atoms with Gasteiger partial charge in [-0.1, -0.05) is 0 Å². The molecule has 0 spiro atoms. The van der Waals surface area contributed by atoms with Gasteiger partial charge in [0, 0.05) is 24.0 Å². The molecule has 0 aliphatic carbocycles. The zero-order chi connectivity index (χ0) is 17.3. The number of methoxy groups -OCH3 is 1. The lowest BCUT2D eigenvalue weighted by atomic mass is 10.5. The number of nitrogens with one attached hydrogen (secondary N) is 2. The lowest BCUT2D eigenvalue weighted by Crippen LogP contribution is -2.12. The van der Waals surface area contributed by atoms with E-state index >= 15 is 0 Å². The molecule has 0 fully saturated rings. The van der Waals surface area contributed by atoms with Gasteiger partial charge in [0.2, 0.25) is 11.8 Å². The number of alkyl halides is 3. The fourth-order valence-electron chi connectivity index (χ4n) is 2.03. The van der Waals surface area contributed by atoms with Crippen LogP contribution in [-0.2, 0) is 11.3 Å². The Bertz CT molecular complexity index is 857. The summed E-state index contributed by atoms with van der Waals surface area (Å²) in [4.78, 5) is 8.30. The topological polar surface area (TPSA) is 89.4 Å². The summed E-state index contributed by atoms with van der Waals surface area (Å²) >= 11 is 0. The molecule has 0 saturated carbocycles. The number of anilines is 2. The summed E-state index contributed by atoms with van der Waals surface area (Å²) < 4.78 is 46.9. The first-order valence-electron chi connectivity index (χ1n) is 6.77. The van der Waals surface area contributed by atoms with E-state index < -0.39 is 13.0 Å². The Labute approximate surface area is 133 Å². The van der Waals surface area contributed by atoms with Crippen molar-refractivity contribution in [3.8, 4) is 5.88 Å². The molecule has 0 atom stereocenters. The molecule has 0 unspecified atom stereocenters. The van der Waals surface area contributed by atoms with Crippen LogP contribution in [0.4, 0.5) is 24.9 Å². The van der Waals surface area contributed by atoms with Crippen molar-refractivity contribution >= 4 is 17.4 Å². The summed E-state index contributed by atoms with van der Waals surface area (Å²) in [5, 5.41) is 9.75. The van der Waals surface area contributed by atoms with Crippen LogP contribution in [0, 0.1) is 6.92 Å². The summed E-state index contributed by atoms with van der Waals surface area (Å²) in [6, 6.07) is 3.25. The smallest absolute Gasteiger partial charge is 0.481 e. The zero-order valence-electron chi connectivity index (χ0n) is 12.7.